The third-order valence-electron chi connectivity index (χ3n) is 2.81. The lowest BCUT2D eigenvalue weighted by Crippen LogP contribution is -2.12. The first-order valence-electron chi connectivity index (χ1n) is 5.76. The van der Waals surface area contributed by atoms with Gasteiger partial charge in [-0.3, -0.25) is 0 Å². The van der Waals surface area contributed by atoms with E-state index in [0.717, 1.165) is 21.0 Å². The van der Waals surface area contributed by atoms with Crippen LogP contribution in [0.15, 0.2) is 28.1 Å². The Balaban J connectivity index is 2.13. The van der Waals surface area contributed by atoms with E-state index in [-0.39, 0.29) is 6.04 Å². The van der Waals surface area contributed by atoms with Crippen molar-refractivity contribution in [1.82, 2.24) is 10.3 Å². The highest BCUT2D eigenvalue weighted by Gasteiger charge is 2.08. The molecule has 0 fully saturated rings. The van der Waals surface area contributed by atoms with Crippen molar-refractivity contribution >= 4 is 38.1 Å². The van der Waals surface area contributed by atoms with Gasteiger partial charge in [0, 0.05) is 21.6 Å². The predicted molar refractivity (Wildman–Crippen MR) is 81.8 cm³/mol. The Morgan fingerprint density at radius 2 is 2.17 bits per heavy atom. The highest BCUT2D eigenvalue weighted by atomic mass is 79.9. The van der Waals surface area contributed by atoms with E-state index in [4.69, 9.17) is 0 Å². The summed E-state index contributed by atoms with van der Waals surface area (Å²) in [5, 5.41) is 9.52. The number of anilines is 2. The van der Waals surface area contributed by atoms with Crippen LogP contribution in [0.3, 0.4) is 0 Å². The minimum absolute atomic E-state index is 0.281. The maximum atomic E-state index is 4.56. The number of aryl methyl sites for hydroxylation is 1. The molecule has 1 aromatic heterocycles. The van der Waals surface area contributed by atoms with Gasteiger partial charge in [0.2, 0.25) is 0 Å². The fourth-order valence-corrected chi connectivity index (χ4v) is 2.61. The Kier molecular flexibility index (Phi) is 4.37. The van der Waals surface area contributed by atoms with E-state index in [9.17, 15) is 0 Å². The van der Waals surface area contributed by atoms with Crippen LogP contribution >= 0.6 is 27.3 Å². The number of rotatable bonds is 4. The van der Waals surface area contributed by atoms with E-state index in [1.807, 2.05) is 19.2 Å². The number of nitrogens with zero attached hydrogens (tertiary/aromatic N) is 1. The lowest BCUT2D eigenvalue weighted by Gasteiger charge is -2.06. The summed E-state index contributed by atoms with van der Waals surface area (Å²) in [7, 11) is 1.94. The minimum atomic E-state index is 0.281. The molecular formula is C13H16BrN3S. The number of aromatic nitrogens is 1. The molecule has 1 unspecified atom stereocenters. The Labute approximate surface area is 120 Å². The van der Waals surface area contributed by atoms with E-state index < -0.39 is 0 Å². The number of halogens is 1. The smallest absolute Gasteiger partial charge is 0.187 e. The molecule has 3 nitrogen and oxygen atoms in total. The lowest BCUT2D eigenvalue weighted by molar-refractivity contribution is 0.637. The van der Waals surface area contributed by atoms with E-state index in [1.165, 1.54) is 5.56 Å². The first-order chi connectivity index (χ1) is 8.60. The van der Waals surface area contributed by atoms with Crippen molar-refractivity contribution in [3.8, 4) is 0 Å². The molecule has 0 bridgehead atoms. The number of hydrogen-bond donors (Lipinski definition) is 2. The molecule has 0 aliphatic carbocycles. The summed E-state index contributed by atoms with van der Waals surface area (Å²) >= 11 is 5.12. The standard InChI is InChI=1S/C13H16BrN3S/c1-8-6-10(4-5-11(8)14)16-13-17-12(7-18-13)9(2)15-3/h4-7,9,15H,1-3H3,(H,16,17). The van der Waals surface area contributed by atoms with Crippen molar-refractivity contribution in [2.24, 2.45) is 0 Å². The number of hydrogen-bond acceptors (Lipinski definition) is 4. The van der Waals surface area contributed by atoms with Crippen LogP contribution in [0, 0.1) is 6.92 Å². The Hall–Kier alpha value is -0.910. The van der Waals surface area contributed by atoms with Gasteiger partial charge in [0.15, 0.2) is 5.13 Å². The van der Waals surface area contributed by atoms with Crippen LogP contribution in [0.2, 0.25) is 0 Å². The first kappa shape index (κ1) is 13.5. The largest absolute Gasteiger partial charge is 0.332 e. The van der Waals surface area contributed by atoms with Crippen molar-refractivity contribution in [3.05, 3.63) is 39.3 Å². The van der Waals surface area contributed by atoms with Gasteiger partial charge in [0.05, 0.1) is 5.69 Å². The summed E-state index contributed by atoms with van der Waals surface area (Å²) in [4.78, 5) is 4.56. The number of nitrogens with one attached hydrogen (secondary N) is 2. The highest BCUT2D eigenvalue weighted by molar-refractivity contribution is 9.10. The SMILES string of the molecule is CNC(C)c1csc(Nc2ccc(Br)c(C)c2)n1. The van der Waals surface area contributed by atoms with Crippen molar-refractivity contribution in [1.29, 1.82) is 0 Å². The molecule has 0 amide bonds. The zero-order valence-corrected chi connectivity index (χ0v) is 13.0. The second-order valence-corrected chi connectivity index (χ2v) is 5.89. The van der Waals surface area contributed by atoms with Crippen LogP contribution in [-0.2, 0) is 0 Å². The Bertz CT molecular complexity index is 539. The molecule has 96 valence electrons. The zero-order valence-electron chi connectivity index (χ0n) is 10.6. The van der Waals surface area contributed by atoms with Gasteiger partial charge in [0.25, 0.3) is 0 Å². The molecule has 0 spiro atoms. The topological polar surface area (TPSA) is 37.0 Å². The summed E-state index contributed by atoms with van der Waals surface area (Å²) in [6, 6.07) is 6.47. The summed E-state index contributed by atoms with van der Waals surface area (Å²) in [5.41, 5.74) is 3.34. The molecule has 2 aromatic rings. The molecule has 2 N–H and O–H groups in total. The molecule has 1 heterocycles. The zero-order chi connectivity index (χ0) is 13.1. The molecule has 0 aliphatic rings. The molecule has 0 saturated carbocycles. The Morgan fingerprint density at radius 3 is 2.83 bits per heavy atom. The molecular weight excluding hydrogens is 310 g/mol. The van der Waals surface area contributed by atoms with Crippen LogP contribution in [0.1, 0.15) is 24.2 Å². The first-order valence-corrected chi connectivity index (χ1v) is 7.43. The highest BCUT2D eigenvalue weighted by Crippen LogP contribution is 2.26. The second-order valence-electron chi connectivity index (χ2n) is 4.18. The summed E-state index contributed by atoms with van der Waals surface area (Å²) in [6.07, 6.45) is 0. The van der Waals surface area contributed by atoms with Crippen molar-refractivity contribution in [3.63, 3.8) is 0 Å². The molecule has 0 radical (unpaired) electrons. The maximum Gasteiger partial charge on any atom is 0.187 e. The fourth-order valence-electron chi connectivity index (χ4n) is 1.54. The van der Waals surface area contributed by atoms with E-state index in [0.29, 0.717) is 0 Å². The van der Waals surface area contributed by atoms with Crippen LogP contribution in [0.5, 0.6) is 0 Å². The molecule has 1 atom stereocenters. The van der Waals surface area contributed by atoms with Gasteiger partial charge in [-0.05, 0) is 44.7 Å². The fraction of sp³-hybridized carbons (Fsp3) is 0.308. The second kappa shape index (κ2) is 5.82. The van der Waals surface area contributed by atoms with Gasteiger partial charge >= 0.3 is 0 Å². The van der Waals surface area contributed by atoms with Crippen LogP contribution in [-0.4, -0.2) is 12.0 Å². The van der Waals surface area contributed by atoms with E-state index >= 15 is 0 Å². The van der Waals surface area contributed by atoms with Gasteiger partial charge < -0.3 is 10.6 Å². The van der Waals surface area contributed by atoms with Gasteiger partial charge in [-0.2, -0.15) is 0 Å². The average molecular weight is 326 g/mol. The molecule has 5 heteroatoms. The third kappa shape index (κ3) is 3.10. The molecule has 2 rings (SSSR count). The van der Waals surface area contributed by atoms with Crippen molar-refractivity contribution in [2.75, 3.05) is 12.4 Å². The Morgan fingerprint density at radius 1 is 1.39 bits per heavy atom. The summed E-state index contributed by atoms with van der Waals surface area (Å²) in [6.45, 7) is 4.17. The monoisotopic (exact) mass is 325 g/mol. The quantitative estimate of drug-likeness (QED) is 0.882. The predicted octanol–water partition coefficient (Wildman–Crippen LogP) is 4.24. The average Bonchev–Trinajstić information content (AvgIpc) is 2.81. The van der Waals surface area contributed by atoms with Gasteiger partial charge in [-0.25, -0.2) is 4.98 Å². The van der Waals surface area contributed by atoms with Crippen LogP contribution in [0.25, 0.3) is 0 Å². The van der Waals surface area contributed by atoms with Gasteiger partial charge in [-0.1, -0.05) is 15.9 Å². The normalized spacial score (nSPS) is 12.4. The molecule has 0 aliphatic heterocycles. The maximum absolute atomic E-state index is 4.56. The number of benzene rings is 1. The molecule has 0 saturated heterocycles. The van der Waals surface area contributed by atoms with Crippen molar-refractivity contribution in [2.45, 2.75) is 19.9 Å². The van der Waals surface area contributed by atoms with Gasteiger partial charge in [-0.15, -0.1) is 11.3 Å². The van der Waals surface area contributed by atoms with Crippen molar-refractivity contribution < 1.29 is 0 Å². The lowest BCUT2D eigenvalue weighted by atomic mass is 10.2. The van der Waals surface area contributed by atoms with Crippen LogP contribution < -0.4 is 10.6 Å². The summed E-state index contributed by atoms with van der Waals surface area (Å²) in [5.74, 6) is 0. The van der Waals surface area contributed by atoms with E-state index in [1.54, 1.807) is 11.3 Å². The van der Waals surface area contributed by atoms with E-state index in [2.05, 4.69) is 56.8 Å². The molecule has 18 heavy (non-hydrogen) atoms. The molecule has 1 aromatic carbocycles. The summed E-state index contributed by atoms with van der Waals surface area (Å²) < 4.78 is 1.12. The number of thiazole rings is 1. The minimum Gasteiger partial charge on any atom is -0.332 e. The third-order valence-corrected chi connectivity index (χ3v) is 4.47. The van der Waals surface area contributed by atoms with Gasteiger partial charge in [0.1, 0.15) is 0 Å². The van der Waals surface area contributed by atoms with Crippen LogP contribution in [0.4, 0.5) is 10.8 Å².